The molecule has 1 atom stereocenters. The fourth-order valence-electron chi connectivity index (χ4n) is 2.28. The minimum atomic E-state index is -0.370. The van der Waals surface area contributed by atoms with Gasteiger partial charge in [0.2, 0.25) is 5.91 Å². The van der Waals surface area contributed by atoms with Gasteiger partial charge in [0.25, 0.3) is 5.56 Å². The van der Waals surface area contributed by atoms with Gasteiger partial charge in [0.05, 0.1) is 11.6 Å². The van der Waals surface area contributed by atoms with Crippen molar-refractivity contribution in [2.24, 2.45) is 0 Å². The Morgan fingerprint density at radius 2 is 2.25 bits per heavy atom. The molecule has 0 fully saturated rings. The van der Waals surface area contributed by atoms with Crippen molar-refractivity contribution < 1.29 is 4.79 Å². The highest BCUT2D eigenvalue weighted by Gasteiger charge is 2.20. The summed E-state index contributed by atoms with van der Waals surface area (Å²) in [5.41, 5.74) is 2.20. The van der Waals surface area contributed by atoms with Gasteiger partial charge in [0.1, 0.15) is 0 Å². The summed E-state index contributed by atoms with van der Waals surface area (Å²) in [5.74, 6) is -0.127. The maximum absolute atomic E-state index is 12.5. The zero-order valence-corrected chi connectivity index (χ0v) is 14.1. The second kappa shape index (κ2) is 6.88. The molecule has 124 valence electrons. The molecule has 2 aromatic heterocycles. The number of aromatic nitrogens is 4. The highest BCUT2D eigenvalue weighted by atomic mass is 32.2. The molecule has 0 aliphatic carbocycles. The molecular weight excluding hydrogens is 326 g/mol. The number of benzene rings is 1. The van der Waals surface area contributed by atoms with Crippen molar-refractivity contribution in [3.63, 3.8) is 0 Å². The minimum Gasteiger partial charge on any atom is -0.339 e. The Hall–Kier alpha value is -2.61. The zero-order chi connectivity index (χ0) is 17.1. The van der Waals surface area contributed by atoms with Crippen LogP contribution in [0.2, 0.25) is 0 Å². The lowest BCUT2D eigenvalue weighted by atomic mass is 10.2. The van der Waals surface area contributed by atoms with E-state index < -0.39 is 0 Å². The Bertz CT molecular complexity index is 933. The average Bonchev–Trinajstić information content (AvgIpc) is 3.01. The fourth-order valence-corrected chi connectivity index (χ4v) is 3.17. The second-order valence-corrected chi connectivity index (χ2v) is 6.54. The molecule has 2 heterocycles. The van der Waals surface area contributed by atoms with Gasteiger partial charge in [0, 0.05) is 5.69 Å². The molecule has 0 bridgehead atoms. The second-order valence-electron chi connectivity index (χ2n) is 5.35. The molecule has 7 nitrogen and oxygen atoms in total. The molecule has 3 N–H and O–H groups in total. The fraction of sp³-hybridized carbons (Fsp3) is 0.250. The third-order valence-electron chi connectivity index (χ3n) is 3.48. The number of anilines is 1. The number of nitrogens with zero attached hydrogens (tertiary/aromatic N) is 2. The van der Waals surface area contributed by atoms with Crippen LogP contribution in [0, 0.1) is 6.92 Å². The maximum Gasteiger partial charge on any atom is 0.277 e. The molecule has 3 rings (SSSR count). The predicted octanol–water partition coefficient (Wildman–Crippen LogP) is 2.46. The van der Waals surface area contributed by atoms with Gasteiger partial charge < -0.3 is 10.3 Å². The van der Waals surface area contributed by atoms with Crippen LogP contribution in [0.15, 0.2) is 40.5 Å². The van der Waals surface area contributed by atoms with E-state index in [0.717, 1.165) is 11.3 Å². The average molecular weight is 343 g/mol. The smallest absolute Gasteiger partial charge is 0.277 e. The Labute approximate surface area is 142 Å². The third-order valence-corrected chi connectivity index (χ3v) is 4.73. The number of hydrogen-bond donors (Lipinski definition) is 3. The van der Waals surface area contributed by atoms with E-state index in [2.05, 4.69) is 25.3 Å². The van der Waals surface area contributed by atoms with Gasteiger partial charge >= 0.3 is 0 Å². The van der Waals surface area contributed by atoms with Crippen LogP contribution < -0.4 is 10.9 Å². The molecule has 1 amide bonds. The minimum absolute atomic E-state index is 0.127. The van der Waals surface area contributed by atoms with E-state index in [0.29, 0.717) is 22.7 Å². The molecule has 8 heteroatoms. The molecule has 0 spiro atoms. The maximum atomic E-state index is 12.5. The van der Waals surface area contributed by atoms with Crippen LogP contribution in [0.5, 0.6) is 0 Å². The summed E-state index contributed by atoms with van der Waals surface area (Å²) in [7, 11) is 0. The number of aryl methyl sites for hydroxylation is 1. The number of aromatic amines is 2. The summed E-state index contributed by atoms with van der Waals surface area (Å²) in [4.78, 5) is 38.1. The molecule has 0 radical (unpaired) electrons. The van der Waals surface area contributed by atoms with E-state index in [9.17, 15) is 9.59 Å². The molecule has 3 aromatic rings. The van der Waals surface area contributed by atoms with Gasteiger partial charge in [-0.15, -0.1) is 0 Å². The number of H-pyrrole nitrogens is 2. The lowest BCUT2D eigenvalue weighted by Crippen LogP contribution is -2.25. The lowest BCUT2D eigenvalue weighted by molar-refractivity contribution is -0.115. The van der Waals surface area contributed by atoms with Crippen molar-refractivity contribution in [2.75, 3.05) is 5.32 Å². The lowest BCUT2D eigenvalue weighted by Gasteiger charge is -2.14. The summed E-state index contributed by atoms with van der Waals surface area (Å²) in [6, 6.07) is 7.61. The summed E-state index contributed by atoms with van der Waals surface area (Å²) in [6.07, 6.45) is 2.02. The standard InChI is InChI=1S/C16H17N5O2S/c1-3-11(14(22)19-10-6-4-5-9(2)7-10)24-16-20-13-12(15(23)21-16)17-8-18-13/h4-8,11H,3H2,1-2H3,(H,19,22)(H2,17,18,20,21,23)/t11-/m1/s1. The van der Waals surface area contributed by atoms with E-state index in [1.54, 1.807) is 0 Å². The van der Waals surface area contributed by atoms with Crippen LogP contribution in [0.3, 0.4) is 0 Å². The van der Waals surface area contributed by atoms with E-state index in [1.165, 1.54) is 18.1 Å². The first-order valence-electron chi connectivity index (χ1n) is 7.54. The van der Waals surface area contributed by atoms with E-state index >= 15 is 0 Å². The number of imidazole rings is 1. The van der Waals surface area contributed by atoms with Crippen molar-refractivity contribution >= 4 is 34.5 Å². The molecule has 1 aromatic carbocycles. The molecule has 0 saturated heterocycles. The Balaban J connectivity index is 1.77. The number of nitrogens with one attached hydrogen (secondary N) is 3. The first-order chi connectivity index (χ1) is 11.6. The number of hydrogen-bond acceptors (Lipinski definition) is 5. The molecular formula is C16H17N5O2S. The topological polar surface area (TPSA) is 104 Å². The van der Waals surface area contributed by atoms with E-state index in [1.807, 2.05) is 38.1 Å². The van der Waals surface area contributed by atoms with Crippen molar-refractivity contribution in [3.8, 4) is 0 Å². The number of amides is 1. The number of carbonyl (C=O) groups excluding carboxylic acids is 1. The molecule has 24 heavy (non-hydrogen) atoms. The Morgan fingerprint density at radius 1 is 1.42 bits per heavy atom. The monoisotopic (exact) mass is 343 g/mol. The largest absolute Gasteiger partial charge is 0.339 e. The van der Waals surface area contributed by atoms with E-state index in [4.69, 9.17) is 0 Å². The van der Waals surface area contributed by atoms with Crippen molar-refractivity contribution in [3.05, 3.63) is 46.5 Å². The summed E-state index contributed by atoms with van der Waals surface area (Å²) in [5, 5.41) is 2.91. The highest BCUT2D eigenvalue weighted by Crippen LogP contribution is 2.23. The van der Waals surface area contributed by atoms with Crippen molar-refractivity contribution in [2.45, 2.75) is 30.7 Å². The third kappa shape index (κ3) is 3.48. The molecule has 0 aliphatic rings. The van der Waals surface area contributed by atoms with Crippen molar-refractivity contribution in [1.29, 1.82) is 0 Å². The van der Waals surface area contributed by atoms with Gasteiger partial charge in [-0.05, 0) is 31.0 Å². The van der Waals surface area contributed by atoms with Gasteiger partial charge in [-0.2, -0.15) is 0 Å². The molecule has 0 saturated carbocycles. The van der Waals surface area contributed by atoms with Crippen LogP contribution >= 0.6 is 11.8 Å². The summed E-state index contributed by atoms with van der Waals surface area (Å²) in [6.45, 7) is 3.88. The van der Waals surface area contributed by atoms with Gasteiger partial charge in [-0.25, -0.2) is 9.97 Å². The number of rotatable bonds is 5. The normalized spacial score (nSPS) is 12.2. The summed E-state index contributed by atoms with van der Waals surface area (Å²) >= 11 is 1.22. The van der Waals surface area contributed by atoms with Crippen LogP contribution in [0.1, 0.15) is 18.9 Å². The van der Waals surface area contributed by atoms with Gasteiger partial charge in [-0.3, -0.25) is 14.6 Å². The highest BCUT2D eigenvalue weighted by molar-refractivity contribution is 8.00. The summed E-state index contributed by atoms with van der Waals surface area (Å²) < 4.78 is 0. The molecule has 0 aliphatic heterocycles. The Morgan fingerprint density at radius 3 is 3.00 bits per heavy atom. The first kappa shape index (κ1) is 16.3. The van der Waals surface area contributed by atoms with Crippen LogP contribution in [-0.2, 0) is 4.79 Å². The van der Waals surface area contributed by atoms with Gasteiger partial charge in [0.15, 0.2) is 16.3 Å². The molecule has 0 unspecified atom stereocenters. The predicted molar refractivity (Wildman–Crippen MR) is 94.3 cm³/mol. The SMILES string of the molecule is CC[C@@H](Sc1nc2nc[nH]c2c(=O)[nH]1)C(=O)Nc1cccc(C)c1. The first-order valence-corrected chi connectivity index (χ1v) is 8.42. The number of carbonyl (C=O) groups is 1. The van der Waals surface area contributed by atoms with E-state index in [-0.39, 0.29) is 16.7 Å². The van der Waals surface area contributed by atoms with Crippen LogP contribution in [0.25, 0.3) is 11.2 Å². The Kier molecular flexibility index (Phi) is 4.66. The van der Waals surface area contributed by atoms with Gasteiger partial charge in [-0.1, -0.05) is 30.8 Å². The quantitative estimate of drug-likeness (QED) is 0.488. The zero-order valence-electron chi connectivity index (χ0n) is 13.3. The van der Waals surface area contributed by atoms with Crippen LogP contribution in [0.4, 0.5) is 5.69 Å². The number of fused-ring (bicyclic) bond motifs is 1. The number of thioether (sulfide) groups is 1. The van der Waals surface area contributed by atoms with Crippen LogP contribution in [-0.4, -0.2) is 31.1 Å². The van der Waals surface area contributed by atoms with Crippen molar-refractivity contribution in [1.82, 2.24) is 19.9 Å².